The lowest BCUT2D eigenvalue weighted by Crippen LogP contribution is -2.28. The Balaban J connectivity index is 1.40. The zero-order chi connectivity index (χ0) is 19.1. The monoisotopic (exact) mass is 369 g/mol. The van der Waals surface area contributed by atoms with Crippen LogP contribution in [0.25, 0.3) is 11.3 Å². The summed E-state index contributed by atoms with van der Waals surface area (Å²) in [5, 5.41) is 8.94. The maximum atomic E-state index is 12.9. The van der Waals surface area contributed by atoms with E-state index in [0.717, 1.165) is 36.6 Å². The predicted molar refractivity (Wildman–Crippen MR) is 103 cm³/mol. The van der Waals surface area contributed by atoms with Crippen LogP contribution < -0.4 is 0 Å². The summed E-state index contributed by atoms with van der Waals surface area (Å²) in [6.07, 6.45) is 6.59. The van der Waals surface area contributed by atoms with Crippen molar-refractivity contribution in [2.75, 3.05) is 13.1 Å². The highest BCUT2D eigenvalue weighted by atomic mass is 16.2. The van der Waals surface area contributed by atoms with E-state index in [9.17, 15) is 4.79 Å². The second-order valence-electron chi connectivity index (χ2n) is 7.44. The molecule has 1 aromatic carbocycles. The van der Waals surface area contributed by atoms with E-state index in [1.54, 1.807) is 36.7 Å². The number of carbonyl (C=O) groups is 1. The van der Waals surface area contributed by atoms with E-state index in [4.69, 9.17) is 10.2 Å². The average Bonchev–Trinajstić information content (AvgIpc) is 3.38. The molecule has 1 saturated heterocycles. The van der Waals surface area contributed by atoms with Crippen molar-refractivity contribution >= 4 is 5.91 Å². The number of carbonyl (C=O) groups excluding carboxylic acids is 1. The maximum Gasteiger partial charge on any atom is 0.253 e. The van der Waals surface area contributed by atoms with Crippen LogP contribution in [0.2, 0.25) is 0 Å². The zero-order valence-electron chi connectivity index (χ0n) is 15.3. The number of hydrogen-bond donors (Lipinski definition) is 0. The Labute approximate surface area is 163 Å². The third-order valence-corrected chi connectivity index (χ3v) is 5.91. The molecule has 6 heteroatoms. The Hall–Kier alpha value is -3.46. The summed E-state index contributed by atoms with van der Waals surface area (Å²) < 4.78 is 2.30. The SMILES string of the molecule is N#Cc1ccc(C(=O)N2C[C@H]3CCn4c(-c5ccncc5)cnc4[C@@H]3C2)cc1. The van der Waals surface area contributed by atoms with Crippen molar-refractivity contribution in [1.29, 1.82) is 5.26 Å². The first-order chi connectivity index (χ1) is 13.7. The lowest BCUT2D eigenvalue weighted by molar-refractivity contribution is 0.0786. The molecule has 2 aliphatic rings. The van der Waals surface area contributed by atoms with Crippen LogP contribution in [0.3, 0.4) is 0 Å². The number of nitriles is 1. The van der Waals surface area contributed by atoms with Crippen molar-refractivity contribution in [1.82, 2.24) is 19.4 Å². The number of fused-ring (bicyclic) bond motifs is 3. The summed E-state index contributed by atoms with van der Waals surface area (Å²) in [5.74, 6) is 1.83. The summed E-state index contributed by atoms with van der Waals surface area (Å²) in [5.41, 5.74) is 3.44. The summed E-state index contributed by atoms with van der Waals surface area (Å²) in [6, 6.07) is 13.0. The van der Waals surface area contributed by atoms with Gasteiger partial charge in [0.15, 0.2) is 0 Å². The van der Waals surface area contributed by atoms with Gasteiger partial charge >= 0.3 is 0 Å². The Kier molecular flexibility index (Phi) is 3.94. The van der Waals surface area contributed by atoms with Gasteiger partial charge in [-0.3, -0.25) is 9.78 Å². The molecule has 0 unspecified atom stereocenters. The molecular weight excluding hydrogens is 350 g/mol. The van der Waals surface area contributed by atoms with Gasteiger partial charge in [-0.2, -0.15) is 5.26 Å². The van der Waals surface area contributed by atoms with Gasteiger partial charge in [0, 0.05) is 49.1 Å². The van der Waals surface area contributed by atoms with Gasteiger partial charge in [-0.15, -0.1) is 0 Å². The molecule has 2 atom stereocenters. The molecule has 1 amide bonds. The van der Waals surface area contributed by atoms with E-state index in [0.29, 0.717) is 23.6 Å². The Bertz CT molecular complexity index is 1060. The third kappa shape index (κ3) is 2.67. The highest BCUT2D eigenvalue weighted by Crippen LogP contribution is 2.40. The highest BCUT2D eigenvalue weighted by Gasteiger charge is 2.41. The first kappa shape index (κ1) is 16.7. The summed E-state index contributed by atoms with van der Waals surface area (Å²) in [7, 11) is 0. The van der Waals surface area contributed by atoms with Gasteiger partial charge in [0.2, 0.25) is 0 Å². The number of imidazole rings is 1. The fourth-order valence-electron chi connectivity index (χ4n) is 4.46. The number of nitrogens with zero attached hydrogens (tertiary/aromatic N) is 5. The van der Waals surface area contributed by atoms with Crippen molar-refractivity contribution in [2.45, 2.75) is 18.9 Å². The third-order valence-electron chi connectivity index (χ3n) is 5.91. The van der Waals surface area contributed by atoms with Crippen LogP contribution in [-0.4, -0.2) is 38.4 Å². The average molecular weight is 369 g/mol. The van der Waals surface area contributed by atoms with Crippen LogP contribution in [0.5, 0.6) is 0 Å². The number of hydrogen-bond acceptors (Lipinski definition) is 4. The molecular formula is C22H19N5O. The molecule has 2 aromatic heterocycles. The van der Waals surface area contributed by atoms with Gasteiger partial charge in [0.25, 0.3) is 5.91 Å². The number of benzene rings is 1. The molecule has 5 rings (SSSR count). The summed E-state index contributed by atoms with van der Waals surface area (Å²) >= 11 is 0. The molecule has 28 heavy (non-hydrogen) atoms. The van der Waals surface area contributed by atoms with Gasteiger partial charge in [0.1, 0.15) is 5.82 Å². The van der Waals surface area contributed by atoms with E-state index in [-0.39, 0.29) is 11.8 Å². The minimum absolute atomic E-state index is 0.0337. The van der Waals surface area contributed by atoms with E-state index in [1.165, 1.54) is 0 Å². The molecule has 0 aliphatic carbocycles. The lowest BCUT2D eigenvalue weighted by atomic mass is 9.89. The number of pyridine rings is 1. The van der Waals surface area contributed by atoms with Gasteiger partial charge in [-0.1, -0.05) is 0 Å². The van der Waals surface area contributed by atoms with Crippen molar-refractivity contribution < 1.29 is 4.79 Å². The topological polar surface area (TPSA) is 74.8 Å². The second kappa shape index (κ2) is 6.61. The summed E-state index contributed by atoms with van der Waals surface area (Å²) in [6.45, 7) is 2.38. The zero-order valence-corrected chi connectivity index (χ0v) is 15.3. The molecule has 6 nitrogen and oxygen atoms in total. The quantitative estimate of drug-likeness (QED) is 0.696. The first-order valence-electron chi connectivity index (χ1n) is 9.50. The Morgan fingerprint density at radius 1 is 1.11 bits per heavy atom. The molecule has 0 N–H and O–H groups in total. The highest BCUT2D eigenvalue weighted by molar-refractivity contribution is 5.94. The van der Waals surface area contributed by atoms with Crippen molar-refractivity contribution in [3.05, 3.63) is 71.9 Å². The molecule has 3 aromatic rings. The van der Waals surface area contributed by atoms with Gasteiger partial charge in [0.05, 0.1) is 23.5 Å². The Morgan fingerprint density at radius 3 is 2.64 bits per heavy atom. The largest absolute Gasteiger partial charge is 0.338 e. The molecule has 1 fully saturated rings. The van der Waals surface area contributed by atoms with Crippen LogP contribution in [0.15, 0.2) is 55.0 Å². The van der Waals surface area contributed by atoms with Crippen LogP contribution in [-0.2, 0) is 6.54 Å². The first-order valence-corrected chi connectivity index (χ1v) is 9.50. The number of likely N-dealkylation sites (tertiary alicyclic amines) is 1. The van der Waals surface area contributed by atoms with Crippen LogP contribution in [0.4, 0.5) is 0 Å². The minimum atomic E-state index is 0.0337. The van der Waals surface area contributed by atoms with E-state index in [1.807, 2.05) is 23.2 Å². The number of amides is 1. The predicted octanol–water partition coefficient (Wildman–Crippen LogP) is 3.08. The number of rotatable bonds is 2. The maximum absolute atomic E-state index is 12.9. The molecule has 2 aliphatic heterocycles. The lowest BCUT2D eigenvalue weighted by Gasteiger charge is -2.26. The van der Waals surface area contributed by atoms with Gasteiger partial charge in [-0.25, -0.2) is 4.98 Å². The van der Waals surface area contributed by atoms with E-state index < -0.39 is 0 Å². The summed E-state index contributed by atoms with van der Waals surface area (Å²) in [4.78, 5) is 23.7. The second-order valence-corrected chi connectivity index (χ2v) is 7.44. The van der Waals surface area contributed by atoms with Crippen molar-refractivity contribution in [2.24, 2.45) is 5.92 Å². The van der Waals surface area contributed by atoms with Gasteiger partial charge < -0.3 is 9.47 Å². The molecule has 0 radical (unpaired) electrons. The fourth-order valence-corrected chi connectivity index (χ4v) is 4.46. The van der Waals surface area contributed by atoms with Crippen LogP contribution in [0.1, 0.15) is 34.1 Å². The van der Waals surface area contributed by atoms with Crippen molar-refractivity contribution in [3.8, 4) is 17.3 Å². The molecule has 4 heterocycles. The fraction of sp³-hybridized carbons (Fsp3) is 0.273. The smallest absolute Gasteiger partial charge is 0.253 e. The molecule has 0 spiro atoms. The van der Waals surface area contributed by atoms with Crippen LogP contribution >= 0.6 is 0 Å². The number of aromatic nitrogens is 3. The molecule has 138 valence electrons. The van der Waals surface area contributed by atoms with Gasteiger partial charge in [-0.05, 0) is 48.7 Å². The Morgan fingerprint density at radius 2 is 1.89 bits per heavy atom. The molecule has 0 bridgehead atoms. The van der Waals surface area contributed by atoms with Crippen LogP contribution in [0, 0.1) is 17.2 Å². The normalized spacial score (nSPS) is 20.3. The minimum Gasteiger partial charge on any atom is -0.338 e. The molecule has 0 saturated carbocycles. The van der Waals surface area contributed by atoms with E-state index >= 15 is 0 Å². The van der Waals surface area contributed by atoms with E-state index in [2.05, 4.69) is 15.6 Å². The van der Waals surface area contributed by atoms with Crippen molar-refractivity contribution in [3.63, 3.8) is 0 Å². The standard InChI is InChI=1S/C22H19N5O/c23-11-15-1-3-17(4-2-15)22(28)26-13-18-7-10-27-20(16-5-8-24-9-6-16)12-25-21(27)19(18)14-26/h1-6,8-9,12,18-19H,7,10,13-14H2/t18-,19-/m1/s1.